The van der Waals surface area contributed by atoms with Gasteiger partial charge in [-0.25, -0.2) is 9.18 Å². The number of carbonyl (C=O) groups is 1. The lowest BCUT2D eigenvalue weighted by molar-refractivity contribution is 0.0729. The summed E-state index contributed by atoms with van der Waals surface area (Å²) in [5.41, 5.74) is 11.6. The summed E-state index contributed by atoms with van der Waals surface area (Å²) in [6, 6.07) is 39.6. The van der Waals surface area contributed by atoms with Crippen LogP contribution in [-0.4, -0.2) is 224 Å². The molecule has 1 amide bonds. The van der Waals surface area contributed by atoms with Crippen LogP contribution in [0.2, 0.25) is 5.02 Å². The highest BCUT2D eigenvalue weighted by Crippen LogP contribution is 2.44. The summed E-state index contributed by atoms with van der Waals surface area (Å²) in [7, 11) is 0. The number of hydrogen-bond acceptors (Lipinski definition) is 13. The van der Waals surface area contributed by atoms with Crippen molar-refractivity contribution < 1.29 is 18.7 Å². The molecule has 16 heteroatoms. The Hall–Kier alpha value is -6.07. The summed E-state index contributed by atoms with van der Waals surface area (Å²) >= 11 is 6.31. The minimum Gasteiger partial charge on any atom is -0.492 e. The van der Waals surface area contributed by atoms with E-state index >= 15 is 0 Å². The van der Waals surface area contributed by atoms with Crippen LogP contribution in [0.15, 0.2) is 121 Å². The van der Waals surface area contributed by atoms with E-state index in [-0.39, 0.29) is 11.9 Å². The molecule has 16 rings (SSSR count). The largest absolute Gasteiger partial charge is 0.492 e. The van der Waals surface area contributed by atoms with Gasteiger partial charge in [0.2, 0.25) is 0 Å². The van der Waals surface area contributed by atoms with Crippen LogP contribution in [0.1, 0.15) is 171 Å². The van der Waals surface area contributed by atoms with Gasteiger partial charge in [-0.1, -0.05) is 155 Å². The van der Waals surface area contributed by atoms with E-state index in [2.05, 4.69) is 169 Å². The molecule has 5 aromatic carbocycles. The summed E-state index contributed by atoms with van der Waals surface area (Å²) < 4.78 is 24.7. The molecule has 0 radical (unpaired) electrons. The van der Waals surface area contributed by atoms with Gasteiger partial charge in [-0.15, -0.1) is 0 Å². The number of aryl methyl sites for hydroxylation is 4. The van der Waals surface area contributed by atoms with Gasteiger partial charge in [-0.05, 0) is 200 Å². The maximum atomic E-state index is 13.8. The second-order valence-corrected chi connectivity index (χ2v) is 34.2. The van der Waals surface area contributed by atoms with Gasteiger partial charge in [0.25, 0.3) is 0 Å². The van der Waals surface area contributed by atoms with Gasteiger partial charge in [0.05, 0.1) is 35.3 Å². The Balaban J connectivity index is 0.000000127. The van der Waals surface area contributed by atoms with Crippen molar-refractivity contribution >= 4 is 46.1 Å². The number of fused-ring (bicyclic) bond motifs is 2. The van der Waals surface area contributed by atoms with Crippen LogP contribution in [0, 0.1) is 57.2 Å². The number of piperidine rings is 1. The van der Waals surface area contributed by atoms with Crippen LogP contribution in [0.4, 0.5) is 37.6 Å². The number of halogens is 2. The Morgan fingerprint density at radius 1 is 0.413 bits per heavy atom. The number of anilines is 5. The number of hydrogen-bond donors (Lipinski definition) is 0. The number of likely N-dealkylation sites (tertiary alicyclic amines) is 1. The first-order valence-electron chi connectivity index (χ1n) is 43.7. The summed E-state index contributed by atoms with van der Waals surface area (Å²) in [4.78, 5) is 39.3. The van der Waals surface area contributed by atoms with Gasteiger partial charge in [-0.2, -0.15) is 0 Å². The van der Waals surface area contributed by atoms with Crippen molar-refractivity contribution in [1.29, 1.82) is 0 Å². The van der Waals surface area contributed by atoms with Gasteiger partial charge in [0.1, 0.15) is 11.6 Å². The Labute approximate surface area is 663 Å². The van der Waals surface area contributed by atoms with Crippen molar-refractivity contribution in [3.05, 3.63) is 154 Å². The molecule has 10 fully saturated rings. The number of piperazine rings is 5. The lowest BCUT2D eigenvalue weighted by Crippen LogP contribution is -2.54. The number of carbonyl (C=O) groups excluding carboxylic acids is 1. The molecule has 5 aliphatic carbocycles. The minimum absolute atomic E-state index is 0.0876. The van der Waals surface area contributed by atoms with Crippen molar-refractivity contribution in [3.63, 3.8) is 0 Å². The Morgan fingerprint density at radius 2 is 0.835 bits per heavy atom. The highest BCUT2D eigenvalue weighted by atomic mass is 35.5. The Kier molecular flexibility index (Phi) is 32.3. The number of para-hydroxylation sites is 4. The third kappa shape index (κ3) is 24.0. The van der Waals surface area contributed by atoms with Crippen molar-refractivity contribution in [2.45, 2.75) is 195 Å². The van der Waals surface area contributed by atoms with E-state index in [0.717, 1.165) is 163 Å². The first kappa shape index (κ1) is 82.4. The standard InChI is InChI=1S/C20H31N3O2.C19H30N2O.C19H30N2.C18H23ClN2.C17H25FN2/c1-4-25-20(24)23-9-7-18(8-10-23)21-11-13-22(14-12-21)19-15-16(2)5-6-17(19)3;1-2-22-19-11-7-6-10-18(19)21-14-12-20(13-15-21)16-17-8-4-3-5-9-17;1-16-9-10-17(2)19(15-16)21-13-11-20(12-14-21)18-7-5-3-4-6-8-18;19-17-3-1-2-4-18(17)21-9-7-20(8-10-21)13-16-12-14-5-6-15(16)11-14;18-16-9-5-6-10-17(16)20-13-11-19(12-14-20)15-7-3-1-2-4-8-15/h5-6,15,18H,4,7-14H2,1-3H3;6-7,10-11,17H,2-5,8-9,12-16H2,1H3;9-10,15,18H,3-8,11-14H2,1-2H3;1-6,14-16H,7-13H2;5-6,9-10,15H,1-4,7-8,11-14H2. The summed E-state index contributed by atoms with van der Waals surface area (Å²) in [5, 5.41) is 0.879. The van der Waals surface area contributed by atoms with E-state index in [4.69, 9.17) is 21.1 Å². The highest BCUT2D eigenvalue weighted by molar-refractivity contribution is 6.33. The molecule has 4 saturated carbocycles. The number of amides is 1. The molecule has 0 aromatic heterocycles. The summed E-state index contributed by atoms with van der Waals surface area (Å²) in [6.07, 6.45) is 34.0. The van der Waals surface area contributed by atoms with Crippen LogP contribution in [0.3, 0.4) is 0 Å². The van der Waals surface area contributed by atoms with E-state index in [1.54, 1.807) is 12.1 Å². The smallest absolute Gasteiger partial charge is 0.409 e. The second kappa shape index (κ2) is 42.7. The average Bonchev–Trinajstić information content (AvgIpc) is 1.73. The summed E-state index contributed by atoms with van der Waals surface area (Å²) in [5.74, 6) is 4.57. The topological polar surface area (TPSA) is 71.2 Å². The second-order valence-electron chi connectivity index (χ2n) is 33.8. The molecule has 2 bridgehead atoms. The molecule has 6 heterocycles. The third-order valence-electron chi connectivity index (χ3n) is 26.3. The Morgan fingerprint density at radius 3 is 1.31 bits per heavy atom. The molecule has 109 heavy (non-hydrogen) atoms. The monoisotopic (exact) mass is 1510 g/mol. The fourth-order valence-electron chi connectivity index (χ4n) is 19.9. The fourth-order valence-corrected chi connectivity index (χ4v) is 20.2. The predicted octanol–water partition coefficient (Wildman–Crippen LogP) is 18.3. The van der Waals surface area contributed by atoms with Gasteiger partial charge >= 0.3 is 6.09 Å². The molecule has 6 saturated heterocycles. The van der Waals surface area contributed by atoms with Crippen molar-refractivity contribution in [2.75, 3.05) is 195 Å². The molecule has 3 atom stereocenters. The zero-order chi connectivity index (χ0) is 75.7. The first-order chi connectivity index (χ1) is 53.3. The van der Waals surface area contributed by atoms with Gasteiger partial charge < -0.3 is 38.9 Å². The van der Waals surface area contributed by atoms with E-state index in [1.165, 1.54) is 232 Å². The molecule has 0 N–H and O–H groups in total. The fraction of sp³-hybridized carbons (Fsp3) is 0.645. The van der Waals surface area contributed by atoms with Crippen LogP contribution in [0.25, 0.3) is 0 Å². The number of allylic oxidation sites excluding steroid dienone is 2. The molecule has 598 valence electrons. The maximum absolute atomic E-state index is 13.8. The van der Waals surface area contributed by atoms with E-state index in [9.17, 15) is 9.18 Å². The molecule has 3 unspecified atom stereocenters. The van der Waals surface area contributed by atoms with Gasteiger partial charge in [0.15, 0.2) is 0 Å². The first-order valence-corrected chi connectivity index (χ1v) is 44.1. The quantitative estimate of drug-likeness (QED) is 0.0739. The lowest BCUT2D eigenvalue weighted by Gasteiger charge is -2.43. The molecule has 14 nitrogen and oxygen atoms in total. The van der Waals surface area contributed by atoms with E-state index in [1.807, 2.05) is 36.1 Å². The van der Waals surface area contributed by atoms with Crippen LogP contribution < -0.4 is 29.2 Å². The molecule has 11 aliphatic rings. The third-order valence-corrected chi connectivity index (χ3v) is 26.6. The predicted molar refractivity (Wildman–Crippen MR) is 456 cm³/mol. The number of rotatable bonds is 15. The molecule has 6 aliphatic heterocycles. The number of ether oxygens (including phenoxy) is 2. The van der Waals surface area contributed by atoms with Gasteiger partial charge in [-0.3, -0.25) is 24.5 Å². The molecule has 5 aromatic rings. The zero-order valence-corrected chi connectivity index (χ0v) is 69.0. The number of benzene rings is 5. The van der Waals surface area contributed by atoms with E-state index < -0.39 is 0 Å². The van der Waals surface area contributed by atoms with Crippen LogP contribution >= 0.6 is 11.6 Å². The normalized spacial score (nSPS) is 23.5. The summed E-state index contributed by atoms with van der Waals surface area (Å²) in [6.45, 7) is 40.7. The highest BCUT2D eigenvalue weighted by Gasteiger charge is 2.38. The number of nitrogens with zero attached hydrogens (tertiary/aromatic N) is 11. The molecular weight excluding hydrogens is 1370 g/mol. The lowest BCUT2D eigenvalue weighted by atomic mass is 9.89. The van der Waals surface area contributed by atoms with Crippen molar-refractivity contribution in [1.82, 2.24) is 29.4 Å². The van der Waals surface area contributed by atoms with Crippen LogP contribution in [0.5, 0.6) is 5.75 Å². The van der Waals surface area contributed by atoms with Gasteiger partial charge in [0, 0.05) is 187 Å². The average molecular weight is 1510 g/mol. The van der Waals surface area contributed by atoms with Crippen LogP contribution in [-0.2, 0) is 4.74 Å². The van der Waals surface area contributed by atoms with Crippen molar-refractivity contribution in [3.8, 4) is 5.75 Å². The Bertz CT molecular complexity index is 3510. The zero-order valence-electron chi connectivity index (χ0n) is 68.2. The van der Waals surface area contributed by atoms with Crippen molar-refractivity contribution in [2.24, 2.45) is 23.7 Å². The molecular formula is C93H139ClFN11O3. The SMILES string of the molecule is CCOC(=O)N1CCC(N2CCN(c3cc(C)ccc3C)CC2)CC1.CCOc1ccccc1N1CCN(CC2CCCCC2)CC1.Cc1ccc(C)c(N2CCN(C3CCCCCC3)CC2)c1.Clc1ccccc1N1CCN(CC2CC3C=CC2C3)CC1.Fc1ccccc1N1CCN(C2CCCCCC2)CC1. The van der Waals surface area contributed by atoms with E-state index in [0.29, 0.717) is 12.6 Å². The molecule has 0 spiro atoms. The minimum atomic E-state index is -0.152. The maximum Gasteiger partial charge on any atom is 0.409 e.